The summed E-state index contributed by atoms with van der Waals surface area (Å²) in [5, 5.41) is 3.33. The van der Waals surface area contributed by atoms with Crippen molar-refractivity contribution in [2.75, 3.05) is 6.54 Å². The quantitative estimate of drug-likeness (QED) is 0.802. The van der Waals surface area contributed by atoms with Crippen LogP contribution < -0.4 is 10.1 Å². The molecule has 1 aliphatic carbocycles. The zero-order chi connectivity index (χ0) is 13.5. The van der Waals surface area contributed by atoms with Crippen molar-refractivity contribution in [3.63, 3.8) is 0 Å². The second kappa shape index (κ2) is 7.43. The minimum absolute atomic E-state index is 0.307. The first-order valence-corrected chi connectivity index (χ1v) is 7.48. The molecular formula is C15H25N3O. The van der Waals surface area contributed by atoms with Gasteiger partial charge in [0.2, 0.25) is 5.88 Å². The summed E-state index contributed by atoms with van der Waals surface area (Å²) >= 11 is 0. The number of aromatic nitrogens is 2. The third kappa shape index (κ3) is 4.46. The Morgan fingerprint density at radius 2 is 2.16 bits per heavy atom. The maximum atomic E-state index is 6.01. The van der Waals surface area contributed by atoms with Gasteiger partial charge in [-0.25, -0.2) is 4.98 Å². The Labute approximate surface area is 116 Å². The number of nitrogens with one attached hydrogen (secondary N) is 1. The molecule has 4 nitrogen and oxygen atoms in total. The van der Waals surface area contributed by atoms with Crippen LogP contribution >= 0.6 is 0 Å². The van der Waals surface area contributed by atoms with Gasteiger partial charge in [-0.1, -0.05) is 20.3 Å². The Bertz CT molecular complexity index is 383. The topological polar surface area (TPSA) is 47.0 Å². The van der Waals surface area contributed by atoms with E-state index in [0.29, 0.717) is 17.9 Å². The molecule has 2 rings (SSSR count). The number of hydrogen-bond donors (Lipinski definition) is 1. The summed E-state index contributed by atoms with van der Waals surface area (Å²) in [6.45, 7) is 6.19. The lowest BCUT2D eigenvalue weighted by atomic mass is 9.88. The monoisotopic (exact) mass is 263 g/mol. The number of ether oxygens (including phenoxy) is 1. The van der Waals surface area contributed by atoms with Crippen LogP contribution in [0.15, 0.2) is 12.4 Å². The van der Waals surface area contributed by atoms with Gasteiger partial charge >= 0.3 is 0 Å². The fourth-order valence-corrected chi connectivity index (χ4v) is 2.53. The molecule has 4 heteroatoms. The van der Waals surface area contributed by atoms with Crippen molar-refractivity contribution in [3.05, 3.63) is 18.1 Å². The summed E-state index contributed by atoms with van der Waals surface area (Å²) in [5.74, 6) is 1.30. The van der Waals surface area contributed by atoms with E-state index in [1.165, 1.54) is 19.3 Å². The van der Waals surface area contributed by atoms with E-state index in [-0.39, 0.29) is 0 Å². The molecule has 0 spiro atoms. The average Bonchev–Trinajstić information content (AvgIpc) is 2.42. The third-order valence-corrected chi connectivity index (χ3v) is 3.70. The number of hydrogen-bond acceptors (Lipinski definition) is 4. The van der Waals surface area contributed by atoms with E-state index in [1.807, 2.05) is 0 Å². The van der Waals surface area contributed by atoms with Gasteiger partial charge in [0.05, 0.1) is 11.9 Å². The molecule has 0 aliphatic heterocycles. The van der Waals surface area contributed by atoms with Gasteiger partial charge in [0, 0.05) is 12.7 Å². The van der Waals surface area contributed by atoms with Gasteiger partial charge in [0.1, 0.15) is 6.10 Å². The van der Waals surface area contributed by atoms with Gasteiger partial charge in [-0.2, -0.15) is 0 Å². The molecule has 2 unspecified atom stereocenters. The highest BCUT2D eigenvalue weighted by Crippen LogP contribution is 2.27. The maximum absolute atomic E-state index is 6.01. The highest BCUT2D eigenvalue weighted by atomic mass is 16.5. The molecule has 1 saturated carbocycles. The smallest absolute Gasteiger partial charge is 0.232 e. The molecule has 1 fully saturated rings. The fourth-order valence-electron chi connectivity index (χ4n) is 2.53. The zero-order valence-electron chi connectivity index (χ0n) is 12.1. The van der Waals surface area contributed by atoms with Crippen molar-refractivity contribution < 1.29 is 4.74 Å². The summed E-state index contributed by atoms with van der Waals surface area (Å²) in [6, 6.07) is 0. The molecule has 1 heterocycles. The first-order valence-electron chi connectivity index (χ1n) is 7.48. The minimum Gasteiger partial charge on any atom is -0.473 e. The normalized spacial score (nSPS) is 23.3. The minimum atomic E-state index is 0.307. The Hall–Kier alpha value is -1.16. The molecule has 2 atom stereocenters. The van der Waals surface area contributed by atoms with E-state index in [0.717, 1.165) is 31.6 Å². The standard InChI is InChI=1S/C15H25N3O/c1-3-8-16-9-13-10-17-11-15(18-13)19-14-7-5-4-6-12(14)2/h10-12,14,16H,3-9H2,1-2H3. The van der Waals surface area contributed by atoms with Crippen LogP contribution in [0.3, 0.4) is 0 Å². The fraction of sp³-hybridized carbons (Fsp3) is 0.733. The molecule has 106 valence electrons. The average molecular weight is 263 g/mol. The van der Waals surface area contributed by atoms with E-state index in [1.54, 1.807) is 12.4 Å². The van der Waals surface area contributed by atoms with E-state index in [9.17, 15) is 0 Å². The predicted molar refractivity (Wildman–Crippen MR) is 76.1 cm³/mol. The summed E-state index contributed by atoms with van der Waals surface area (Å²) in [5.41, 5.74) is 0.953. The molecule has 0 bridgehead atoms. The largest absolute Gasteiger partial charge is 0.473 e. The maximum Gasteiger partial charge on any atom is 0.232 e. The summed E-state index contributed by atoms with van der Waals surface area (Å²) in [6.07, 6.45) is 9.96. The molecule has 1 aromatic heterocycles. The van der Waals surface area contributed by atoms with Crippen LogP contribution in [0.25, 0.3) is 0 Å². The third-order valence-electron chi connectivity index (χ3n) is 3.70. The van der Waals surface area contributed by atoms with Gasteiger partial charge in [-0.15, -0.1) is 0 Å². The molecule has 0 aromatic carbocycles. The molecular weight excluding hydrogens is 238 g/mol. The van der Waals surface area contributed by atoms with Crippen molar-refractivity contribution in [2.45, 2.75) is 58.6 Å². The van der Waals surface area contributed by atoms with E-state index < -0.39 is 0 Å². The zero-order valence-corrected chi connectivity index (χ0v) is 12.1. The Morgan fingerprint density at radius 1 is 1.32 bits per heavy atom. The van der Waals surface area contributed by atoms with Crippen LogP contribution in [0, 0.1) is 5.92 Å². The Morgan fingerprint density at radius 3 is 2.95 bits per heavy atom. The number of nitrogens with zero attached hydrogens (tertiary/aromatic N) is 2. The lowest BCUT2D eigenvalue weighted by molar-refractivity contribution is 0.0968. The van der Waals surface area contributed by atoms with Gasteiger partial charge in [0.15, 0.2) is 0 Å². The second-order valence-electron chi connectivity index (χ2n) is 5.44. The molecule has 0 amide bonds. The van der Waals surface area contributed by atoms with E-state index in [2.05, 4.69) is 29.1 Å². The molecule has 1 aliphatic rings. The van der Waals surface area contributed by atoms with Gasteiger partial charge < -0.3 is 10.1 Å². The van der Waals surface area contributed by atoms with Crippen molar-refractivity contribution in [1.82, 2.24) is 15.3 Å². The van der Waals surface area contributed by atoms with Crippen LogP contribution in [0.2, 0.25) is 0 Å². The SMILES string of the molecule is CCCNCc1cncc(OC2CCCCC2C)n1. The van der Waals surface area contributed by atoms with Crippen LogP contribution in [-0.2, 0) is 6.54 Å². The molecule has 1 aromatic rings. The van der Waals surface area contributed by atoms with E-state index in [4.69, 9.17) is 4.74 Å². The summed E-state index contributed by atoms with van der Waals surface area (Å²) in [7, 11) is 0. The highest BCUT2D eigenvalue weighted by Gasteiger charge is 2.23. The van der Waals surface area contributed by atoms with Crippen molar-refractivity contribution in [2.24, 2.45) is 5.92 Å². The lowest BCUT2D eigenvalue weighted by Gasteiger charge is -2.28. The first-order chi connectivity index (χ1) is 9.29. The Balaban J connectivity index is 1.90. The van der Waals surface area contributed by atoms with Gasteiger partial charge in [-0.05, 0) is 38.1 Å². The van der Waals surface area contributed by atoms with Crippen LogP contribution in [0.4, 0.5) is 0 Å². The van der Waals surface area contributed by atoms with Crippen molar-refractivity contribution in [1.29, 1.82) is 0 Å². The Kier molecular flexibility index (Phi) is 5.58. The van der Waals surface area contributed by atoms with Crippen molar-refractivity contribution in [3.8, 4) is 5.88 Å². The first kappa shape index (κ1) is 14.3. The second-order valence-corrected chi connectivity index (χ2v) is 5.44. The summed E-state index contributed by atoms with van der Waals surface area (Å²) in [4.78, 5) is 8.75. The summed E-state index contributed by atoms with van der Waals surface area (Å²) < 4.78 is 6.01. The molecule has 1 N–H and O–H groups in total. The predicted octanol–water partition coefficient (Wildman–Crippen LogP) is 2.93. The van der Waals surface area contributed by atoms with Crippen LogP contribution in [0.5, 0.6) is 5.88 Å². The van der Waals surface area contributed by atoms with Crippen LogP contribution in [-0.4, -0.2) is 22.6 Å². The lowest BCUT2D eigenvalue weighted by Crippen LogP contribution is -2.28. The highest BCUT2D eigenvalue weighted by molar-refractivity contribution is 5.09. The van der Waals surface area contributed by atoms with Crippen LogP contribution in [0.1, 0.15) is 51.6 Å². The van der Waals surface area contributed by atoms with E-state index >= 15 is 0 Å². The molecule has 0 saturated heterocycles. The molecule has 19 heavy (non-hydrogen) atoms. The molecule has 0 radical (unpaired) electrons. The van der Waals surface area contributed by atoms with Gasteiger partial charge in [-0.3, -0.25) is 4.98 Å². The van der Waals surface area contributed by atoms with Gasteiger partial charge in [0.25, 0.3) is 0 Å². The van der Waals surface area contributed by atoms with Crippen molar-refractivity contribution >= 4 is 0 Å². The number of rotatable bonds is 6.